The average Bonchev–Trinajstić information content (AvgIpc) is 2.69. The predicted octanol–water partition coefficient (Wildman–Crippen LogP) is 3.83. The fraction of sp³-hybridized carbons (Fsp3) is 0.857. The summed E-state index contributed by atoms with van der Waals surface area (Å²) < 4.78 is 144. The SMILES string of the molecule is O=C(OCCCCCCCCOC(=O)C(F)(C(F)(F)F)S(=O)(=O)O)C(F)(SOOO)C(F)(F)F. The zero-order valence-corrected chi connectivity index (χ0v) is 18.3. The Bertz CT molecular complexity index is 775. The average molecular weight is 562 g/mol. The number of carbonyl (C=O) groups is 2. The molecule has 10 nitrogen and oxygen atoms in total. The van der Waals surface area contributed by atoms with Crippen LogP contribution in [0.5, 0.6) is 0 Å². The summed E-state index contributed by atoms with van der Waals surface area (Å²) >= 11 is -1.18. The molecule has 20 heteroatoms. The molecule has 2 N–H and O–H groups in total. The van der Waals surface area contributed by atoms with Crippen LogP contribution >= 0.6 is 12.0 Å². The van der Waals surface area contributed by atoms with Gasteiger partial charge in [0.1, 0.15) is 0 Å². The number of esters is 2. The first-order chi connectivity index (χ1) is 15.4. The molecule has 0 saturated carbocycles. The van der Waals surface area contributed by atoms with E-state index in [4.69, 9.17) is 9.81 Å². The first-order valence-corrected chi connectivity index (χ1v) is 11.0. The number of carbonyl (C=O) groups excluding carboxylic acids is 2. The third-order valence-electron chi connectivity index (χ3n) is 3.79. The molecular weight excluding hydrogens is 544 g/mol. The van der Waals surface area contributed by atoms with E-state index < -0.39 is 69.7 Å². The van der Waals surface area contributed by atoms with E-state index in [9.17, 15) is 53.1 Å². The fourth-order valence-electron chi connectivity index (χ4n) is 2.05. The number of halogens is 8. The summed E-state index contributed by atoms with van der Waals surface area (Å²) in [4.78, 5) is 22.5. The number of rotatable bonds is 15. The lowest BCUT2D eigenvalue weighted by Gasteiger charge is -2.22. The first kappa shape index (κ1) is 32.5. The Morgan fingerprint density at radius 1 is 0.735 bits per heavy atom. The van der Waals surface area contributed by atoms with Crippen LogP contribution < -0.4 is 0 Å². The number of hydrogen-bond donors (Lipinski definition) is 2. The van der Waals surface area contributed by atoms with Crippen LogP contribution in [0.4, 0.5) is 35.1 Å². The third-order valence-corrected chi connectivity index (χ3v) is 5.66. The van der Waals surface area contributed by atoms with Gasteiger partial charge in [-0.3, -0.25) is 4.55 Å². The van der Waals surface area contributed by atoms with Crippen molar-refractivity contribution in [1.82, 2.24) is 0 Å². The smallest absolute Gasteiger partial charge is 0.451 e. The van der Waals surface area contributed by atoms with Crippen molar-refractivity contribution in [2.24, 2.45) is 0 Å². The molecular formula is C14H18F8O10S2. The van der Waals surface area contributed by atoms with E-state index in [-0.39, 0.29) is 25.7 Å². The van der Waals surface area contributed by atoms with E-state index in [0.717, 1.165) is 0 Å². The van der Waals surface area contributed by atoms with E-state index >= 15 is 0 Å². The molecule has 0 radical (unpaired) electrons. The van der Waals surface area contributed by atoms with Gasteiger partial charge in [0, 0.05) is 0 Å². The Hall–Kier alpha value is -1.48. The largest absolute Gasteiger partial charge is 0.462 e. The van der Waals surface area contributed by atoms with Gasteiger partial charge in [-0.25, -0.2) is 23.6 Å². The van der Waals surface area contributed by atoms with Gasteiger partial charge in [-0.2, -0.15) is 34.8 Å². The zero-order chi connectivity index (χ0) is 26.8. The molecule has 0 aliphatic rings. The summed E-state index contributed by atoms with van der Waals surface area (Å²) in [5.74, 6) is -5.22. The molecule has 0 aliphatic carbocycles. The molecule has 0 spiro atoms. The van der Waals surface area contributed by atoms with Crippen LogP contribution in [0.15, 0.2) is 0 Å². The van der Waals surface area contributed by atoms with Crippen molar-refractivity contribution in [3.05, 3.63) is 0 Å². The molecule has 202 valence electrons. The summed E-state index contributed by atoms with van der Waals surface area (Å²) in [6, 6.07) is 0. The lowest BCUT2D eigenvalue weighted by Crippen LogP contribution is -2.55. The summed E-state index contributed by atoms with van der Waals surface area (Å²) in [6.45, 7) is -1.45. The Morgan fingerprint density at radius 3 is 1.50 bits per heavy atom. The molecule has 0 aromatic heterocycles. The molecule has 0 amide bonds. The lowest BCUT2D eigenvalue weighted by atomic mass is 10.1. The van der Waals surface area contributed by atoms with Crippen LogP contribution in [0.2, 0.25) is 0 Å². The Morgan fingerprint density at radius 2 is 1.15 bits per heavy atom. The maximum absolute atomic E-state index is 13.8. The van der Waals surface area contributed by atoms with Gasteiger partial charge in [0.2, 0.25) is 0 Å². The van der Waals surface area contributed by atoms with Crippen molar-refractivity contribution in [2.45, 2.75) is 60.9 Å². The van der Waals surface area contributed by atoms with Crippen molar-refractivity contribution in [1.29, 1.82) is 0 Å². The number of hydrogen-bond acceptors (Lipinski definition) is 10. The molecule has 2 atom stereocenters. The Labute approximate surface area is 190 Å². The van der Waals surface area contributed by atoms with Gasteiger partial charge in [0.25, 0.3) is 0 Å². The van der Waals surface area contributed by atoms with E-state index in [1.807, 2.05) is 0 Å². The van der Waals surface area contributed by atoms with E-state index in [2.05, 4.69) is 18.8 Å². The zero-order valence-electron chi connectivity index (χ0n) is 16.7. The third kappa shape index (κ3) is 8.63. The van der Waals surface area contributed by atoms with Gasteiger partial charge >= 0.3 is 44.4 Å². The number of unbranched alkanes of at least 4 members (excludes halogenated alkanes) is 5. The fourth-order valence-corrected chi connectivity index (χ4v) is 2.96. The molecule has 0 bridgehead atoms. The highest BCUT2D eigenvalue weighted by atomic mass is 32.2. The Kier molecular flexibility index (Phi) is 12.4. The van der Waals surface area contributed by atoms with Gasteiger partial charge in [-0.1, -0.05) is 30.7 Å². The van der Waals surface area contributed by atoms with Crippen LogP contribution in [0, 0.1) is 0 Å². The first-order valence-electron chi connectivity index (χ1n) is 8.85. The molecule has 0 aliphatic heterocycles. The van der Waals surface area contributed by atoms with Gasteiger partial charge in [0.05, 0.1) is 25.3 Å². The monoisotopic (exact) mass is 562 g/mol. The van der Waals surface area contributed by atoms with E-state index in [0.29, 0.717) is 12.8 Å². The Balaban J connectivity index is 4.24. The highest BCUT2D eigenvalue weighted by Crippen LogP contribution is 2.44. The molecule has 0 rings (SSSR count). The highest BCUT2D eigenvalue weighted by Gasteiger charge is 2.72. The second-order valence-corrected chi connectivity index (χ2v) is 8.66. The minimum Gasteiger partial charge on any atom is -0.462 e. The summed E-state index contributed by atoms with van der Waals surface area (Å²) in [6.07, 6.45) is -11.2. The maximum Gasteiger partial charge on any atom is 0.451 e. The molecule has 34 heavy (non-hydrogen) atoms. The maximum atomic E-state index is 13.8. The molecule has 2 unspecified atom stereocenters. The van der Waals surface area contributed by atoms with Crippen molar-refractivity contribution < 1.29 is 81.8 Å². The predicted molar refractivity (Wildman–Crippen MR) is 93.3 cm³/mol. The van der Waals surface area contributed by atoms with Crippen LogP contribution in [0.3, 0.4) is 0 Å². The topological polar surface area (TPSA) is 146 Å². The summed E-state index contributed by atoms with van der Waals surface area (Å²) in [5.41, 5.74) is 0. The molecule has 0 fully saturated rings. The summed E-state index contributed by atoms with van der Waals surface area (Å²) in [7, 11) is -6.52. The van der Waals surface area contributed by atoms with E-state index in [1.165, 1.54) is 0 Å². The second-order valence-electron chi connectivity index (χ2n) is 6.28. The lowest BCUT2D eigenvalue weighted by molar-refractivity contribution is -0.433. The molecule has 0 aromatic rings. The van der Waals surface area contributed by atoms with Gasteiger partial charge in [0.15, 0.2) is 0 Å². The summed E-state index contributed by atoms with van der Waals surface area (Å²) in [5, 5.41) is 0.309. The normalized spacial score (nSPS) is 16.4. The highest BCUT2D eigenvalue weighted by molar-refractivity contribution is 7.96. The minimum absolute atomic E-state index is 0.0268. The quantitative estimate of drug-likeness (QED) is 0.0571. The van der Waals surface area contributed by atoms with Crippen LogP contribution in [0.25, 0.3) is 0 Å². The standard InChI is InChI=1S/C14H18F8O10S2/c15-11(13(17,18)19,33-32-31-25)9(23)29-7-5-3-1-2-4-6-8-30-10(24)12(16,14(20,21)22)34(26,27)28/h25H,1-8H2,(H,26,27,28). The van der Waals surface area contributed by atoms with Crippen molar-refractivity contribution in [3.8, 4) is 0 Å². The van der Waals surface area contributed by atoms with Gasteiger partial charge in [-0.15, -0.1) is 4.33 Å². The van der Waals surface area contributed by atoms with Crippen molar-refractivity contribution in [2.75, 3.05) is 13.2 Å². The number of ether oxygens (including phenoxy) is 2. The molecule has 0 saturated heterocycles. The molecule has 0 heterocycles. The van der Waals surface area contributed by atoms with Crippen LogP contribution in [0.1, 0.15) is 38.5 Å². The minimum atomic E-state index is -6.52. The van der Waals surface area contributed by atoms with Gasteiger partial charge in [-0.05, 0) is 12.8 Å². The second kappa shape index (κ2) is 13.0. The van der Waals surface area contributed by atoms with Crippen LogP contribution in [-0.2, 0) is 38.6 Å². The van der Waals surface area contributed by atoms with Gasteiger partial charge < -0.3 is 9.47 Å². The van der Waals surface area contributed by atoms with Crippen LogP contribution in [-0.4, -0.2) is 65.7 Å². The molecule has 0 aromatic carbocycles. The van der Waals surface area contributed by atoms with Crippen molar-refractivity contribution >= 4 is 34.1 Å². The number of alkyl halides is 8. The van der Waals surface area contributed by atoms with Crippen molar-refractivity contribution in [3.63, 3.8) is 0 Å². The van der Waals surface area contributed by atoms with E-state index in [1.54, 1.807) is 0 Å².